The highest BCUT2D eigenvalue weighted by molar-refractivity contribution is 5.81. The van der Waals surface area contributed by atoms with Crippen LogP contribution in [-0.2, 0) is 9.53 Å². The second-order valence-corrected chi connectivity index (χ2v) is 2.57. The molecule has 0 aliphatic heterocycles. The first-order valence-electron chi connectivity index (χ1n) is 4.35. The van der Waals surface area contributed by atoms with Gasteiger partial charge in [0.1, 0.15) is 6.10 Å². The number of ether oxygens (including phenoxy) is 1. The number of hydrogen-bond acceptors (Lipinski definition) is 2. The lowest BCUT2D eigenvalue weighted by Crippen LogP contribution is -2.14. The van der Waals surface area contributed by atoms with Gasteiger partial charge in [-0.1, -0.05) is 38.3 Å². The number of allylic oxidation sites excluding steroid dienone is 2. The van der Waals surface area contributed by atoms with Crippen molar-refractivity contribution in [2.75, 3.05) is 0 Å². The molecule has 0 saturated carbocycles. The first-order valence-corrected chi connectivity index (χ1v) is 4.35. The zero-order valence-electron chi connectivity index (χ0n) is 8.03. The summed E-state index contributed by atoms with van der Waals surface area (Å²) in [6.07, 6.45) is 8.12. The molecule has 0 aliphatic carbocycles. The van der Waals surface area contributed by atoms with Gasteiger partial charge in [-0.2, -0.15) is 0 Å². The maximum atomic E-state index is 10.8. The van der Waals surface area contributed by atoms with Crippen LogP contribution in [0.3, 0.4) is 0 Å². The van der Waals surface area contributed by atoms with Gasteiger partial charge in [0.05, 0.1) is 0 Å². The van der Waals surface area contributed by atoms with E-state index in [1.807, 2.05) is 19.1 Å². The lowest BCUT2D eigenvalue weighted by molar-refractivity contribution is -0.142. The molecule has 0 fully saturated rings. The number of carbonyl (C=O) groups is 1. The van der Waals surface area contributed by atoms with Crippen LogP contribution in [0.1, 0.15) is 19.8 Å². The second-order valence-electron chi connectivity index (χ2n) is 2.57. The largest absolute Gasteiger partial charge is 0.459 e. The van der Waals surface area contributed by atoms with Crippen LogP contribution < -0.4 is 0 Å². The molecule has 72 valence electrons. The monoisotopic (exact) mass is 180 g/mol. The van der Waals surface area contributed by atoms with Gasteiger partial charge in [0.2, 0.25) is 0 Å². The van der Waals surface area contributed by atoms with Crippen molar-refractivity contribution in [2.24, 2.45) is 0 Å². The van der Waals surface area contributed by atoms with Crippen molar-refractivity contribution < 1.29 is 9.53 Å². The van der Waals surface area contributed by atoms with Crippen LogP contribution in [0.4, 0.5) is 0 Å². The Kier molecular flexibility index (Phi) is 6.60. The molecule has 0 spiro atoms. The van der Waals surface area contributed by atoms with Crippen LogP contribution in [0.5, 0.6) is 0 Å². The first kappa shape index (κ1) is 11.7. The van der Waals surface area contributed by atoms with Gasteiger partial charge in [-0.25, -0.2) is 4.79 Å². The Hall–Kier alpha value is -1.31. The van der Waals surface area contributed by atoms with E-state index >= 15 is 0 Å². The Bertz CT molecular complexity index is 204. The maximum absolute atomic E-state index is 10.8. The van der Waals surface area contributed by atoms with Crippen molar-refractivity contribution in [1.82, 2.24) is 0 Å². The summed E-state index contributed by atoms with van der Waals surface area (Å²) in [6.45, 7) is 8.86. The fraction of sp³-hybridized carbons (Fsp3) is 0.364. The molecule has 0 amide bonds. The number of hydrogen-bond donors (Lipinski definition) is 0. The third-order valence-electron chi connectivity index (χ3n) is 1.58. The second kappa shape index (κ2) is 7.35. The van der Waals surface area contributed by atoms with Crippen LogP contribution in [0.25, 0.3) is 0 Å². The molecule has 0 aliphatic rings. The third-order valence-corrected chi connectivity index (χ3v) is 1.58. The summed E-state index contributed by atoms with van der Waals surface area (Å²) in [6, 6.07) is 0. The van der Waals surface area contributed by atoms with Gasteiger partial charge in [-0.15, -0.1) is 0 Å². The van der Waals surface area contributed by atoms with E-state index in [9.17, 15) is 4.79 Å². The van der Waals surface area contributed by atoms with Gasteiger partial charge < -0.3 is 4.74 Å². The van der Waals surface area contributed by atoms with Crippen molar-refractivity contribution in [3.8, 4) is 0 Å². The molecule has 0 heterocycles. The highest BCUT2D eigenvalue weighted by Gasteiger charge is 2.07. The average molecular weight is 180 g/mol. The zero-order valence-corrected chi connectivity index (χ0v) is 8.03. The lowest BCUT2D eigenvalue weighted by Gasteiger charge is -2.12. The standard InChI is InChI=1S/C11H16O2/c1-4-7-8-9-10(5-2)13-11(12)6-3/h4,6-8,10H,1,3,5,9H2,2H3/b8-7+. The van der Waals surface area contributed by atoms with E-state index in [1.54, 1.807) is 6.08 Å². The van der Waals surface area contributed by atoms with Crippen molar-refractivity contribution in [3.05, 3.63) is 37.5 Å². The summed E-state index contributed by atoms with van der Waals surface area (Å²) in [4.78, 5) is 10.8. The predicted octanol–water partition coefficient (Wildman–Crippen LogP) is 2.63. The van der Waals surface area contributed by atoms with Crippen LogP contribution in [0.2, 0.25) is 0 Å². The van der Waals surface area contributed by atoms with E-state index < -0.39 is 0 Å². The van der Waals surface area contributed by atoms with Crippen molar-refractivity contribution in [3.63, 3.8) is 0 Å². The Labute approximate surface area is 79.6 Å². The maximum Gasteiger partial charge on any atom is 0.330 e. The van der Waals surface area contributed by atoms with Crippen LogP contribution in [0.15, 0.2) is 37.5 Å². The number of rotatable bonds is 6. The summed E-state index contributed by atoms with van der Waals surface area (Å²) in [5.41, 5.74) is 0. The lowest BCUT2D eigenvalue weighted by atomic mass is 10.2. The van der Waals surface area contributed by atoms with Crippen molar-refractivity contribution in [2.45, 2.75) is 25.9 Å². The minimum Gasteiger partial charge on any atom is -0.459 e. The quantitative estimate of drug-likeness (QED) is 0.357. The highest BCUT2D eigenvalue weighted by atomic mass is 16.5. The van der Waals surface area contributed by atoms with Crippen molar-refractivity contribution >= 4 is 5.97 Å². The Morgan fingerprint density at radius 1 is 1.54 bits per heavy atom. The summed E-state index contributed by atoms with van der Waals surface area (Å²) >= 11 is 0. The molecule has 0 bridgehead atoms. The Balaban J connectivity index is 3.88. The van der Waals surface area contributed by atoms with E-state index in [0.29, 0.717) is 0 Å². The van der Waals surface area contributed by atoms with E-state index in [1.165, 1.54) is 6.08 Å². The third kappa shape index (κ3) is 5.91. The molecule has 1 atom stereocenters. The molecular weight excluding hydrogens is 164 g/mol. The number of carbonyl (C=O) groups excluding carboxylic acids is 1. The molecule has 0 aromatic carbocycles. The molecule has 0 rings (SSSR count). The molecule has 2 heteroatoms. The average Bonchev–Trinajstić information content (AvgIpc) is 2.16. The molecule has 0 radical (unpaired) electrons. The molecule has 0 N–H and O–H groups in total. The summed E-state index contributed by atoms with van der Waals surface area (Å²) in [5.74, 6) is -0.362. The van der Waals surface area contributed by atoms with Gasteiger partial charge in [0.15, 0.2) is 0 Å². The van der Waals surface area contributed by atoms with Gasteiger partial charge in [-0.05, 0) is 6.42 Å². The topological polar surface area (TPSA) is 26.3 Å². The summed E-state index contributed by atoms with van der Waals surface area (Å²) in [7, 11) is 0. The minimum atomic E-state index is -0.362. The van der Waals surface area contributed by atoms with E-state index in [2.05, 4.69) is 13.2 Å². The van der Waals surface area contributed by atoms with Gasteiger partial charge in [0, 0.05) is 12.5 Å². The van der Waals surface area contributed by atoms with E-state index in [-0.39, 0.29) is 12.1 Å². The van der Waals surface area contributed by atoms with E-state index in [4.69, 9.17) is 4.74 Å². The van der Waals surface area contributed by atoms with Gasteiger partial charge >= 0.3 is 5.97 Å². The summed E-state index contributed by atoms with van der Waals surface area (Å²) in [5, 5.41) is 0. The molecule has 13 heavy (non-hydrogen) atoms. The predicted molar refractivity (Wildman–Crippen MR) is 54.3 cm³/mol. The molecule has 1 unspecified atom stereocenters. The van der Waals surface area contributed by atoms with Crippen LogP contribution in [-0.4, -0.2) is 12.1 Å². The van der Waals surface area contributed by atoms with Crippen molar-refractivity contribution in [1.29, 1.82) is 0 Å². The molecule has 0 aromatic heterocycles. The highest BCUT2D eigenvalue weighted by Crippen LogP contribution is 2.05. The molecular formula is C11H16O2. The van der Waals surface area contributed by atoms with Crippen LogP contribution in [0, 0.1) is 0 Å². The Morgan fingerprint density at radius 3 is 2.69 bits per heavy atom. The Morgan fingerprint density at radius 2 is 2.23 bits per heavy atom. The summed E-state index contributed by atoms with van der Waals surface area (Å²) < 4.78 is 5.05. The van der Waals surface area contributed by atoms with E-state index in [0.717, 1.165) is 12.8 Å². The fourth-order valence-corrected chi connectivity index (χ4v) is 0.837. The molecule has 0 aromatic rings. The molecule has 2 nitrogen and oxygen atoms in total. The van der Waals surface area contributed by atoms with Gasteiger partial charge in [-0.3, -0.25) is 0 Å². The number of esters is 1. The SMILES string of the molecule is C=C/C=C/CC(CC)OC(=O)C=C. The zero-order chi connectivity index (χ0) is 10.1. The minimum absolute atomic E-state index is 0.0540. The van der Waals surface area contributed by atoms with Gasteiger partial charge in [0.25, 0.3) is 0 Å². The molecule has 0 saturated heterocycles. The van der Waals surface area contributed by atoms with Crippen LogP contribution >= 0.6 is 0 Å². The first-order chi connectivity index (χ1) is 6.24. The smallest absolute Gasteiger partial charge is 0.330 e. The normalized spacial score (nSPS) is 12.4. The fourth-order valence-electron chi connectivity index (χ4n) is 0.837.